The zero-order valence-corrected chi connectivity index (χ0v) is 17.6. The standard InChI is InChI=1S/C24H23F3O5/c1-4-21(28)19(23(29)30)13-15(2)16-9-10-17(20(14-16)24(25,26)27)18-7-5-6-8-22(18)32-12-11-31-3/h4-10,13-14,28H,2,11-12H2,1,3H3,(H,29,30)/b19-13+,21-4+. The number of benzene rings is 2. The number of aliphatic hydroxyl groups is 1. The molecule has 0 spiro atoms. The molecule has 0 aromatic heterocycles. The van der Waals surface area contributed by atoms with Crippen molar-refractivity contribution in [2.45, 2.75) is 13.1 Å². The van der Waals surface area contributed by atoms with E-state index in [1.807, 2.05) is 0 Å². The monoisotopic (exact) mass is 448 g/mol. The molecule has 0 heterocycles. The van der Waals surface area contributed by atoms with Gasteiger partial charge in [0.25, 0.3) is 0 Å². The Bertz CT molecular complexity index is 1050. The van der Waals surface area contributed by atoms with Crippen molar-refractivity contribution in [3.8, 4) is 16.9 Å². The molecule has 2 N–H and O–H groups in total. The molecule has 2 aromatic carbocycles. The first kappa shape index (κ1) is 24.7. The number of para-hydroxylation sites is 1. The molecule has 0 amide bonds. The molecular formula is C24H23F3O5. The third kappa shape index (κ3) is 6.01. The second-order valence-corrected chi connectivity index (χ2v) is 6.66. The third-order valence-electron chi connectivity index (χ3n) is 4.52. The van der Waals surface area contributed by atoms with Crippen LogP contribution in [-0.2, 0) is 15.7 Å². The lowest BCUT2D eigenvalue weighted by Crippen LogP contribution is -2.09. The summed E-state index contributed by atoms with van der Waals surface area (Å²) < 4.78 is 52.3. The fourth-order valence-corrected chi connectivity index (χ4v) is 2.92. The van der Waals surface area contributed by atoms with Crippen molar-refractivity contribution in [3.63, 3.8) is 0 Å². The molecule has 0 aliphatic carbocycles. The molecule has 0 bridgehead atoms. The molecule has 0 atom stereocenters. The number of ether oxygens (including phenoxy) is 2. The number of aliphatic carboxylic acids is 1. The van der Waals surface area contributed by atoms with Crippen molar-refractivity contribution in [2.24, 2.45) is 0 Å². The normalized spacial score (nSPS) is 12.5. The van der Waals surface area contributed by atoms with Crippen LogP contribution in [0.25, 0.3) is 16.7 Å². The molecular weight excluding hydrogens is 425 g/mol. The van der Waals surface area contributed by atoms with Crippen LogP contribution in [0.15, 0.2) is 72.5 Å². The predicted molar refractivity (Wildman–Crippen MR) is 115 cm³/mol. The summed E-state index contributed by atoms with van der Waals surface area (Å²) in [5.74, 6) is -1.68. The highest BCUT2D eigenvalue weighted by molar-refractivity contribution is 5.95. The number of carbonyl (C=O) groups is 1. The fraction of sp³-hybridized carbons (Fsp3) is 0.208. The Morgan fingerprint density at radius 2 is 1.78 bits per heavy atom. The topological polar surface area (TPSA) is 76.0 Å². The quantitative estimate of drug-likeness (QED) is 0.217. The molecule has 8 heteroatoms. The largest absolute Gasteiger partial charge is 0.507 e. The van der Waals surface area contributed by atoms with Gasteiger partial charge in [-0.1, -0.05) is 36.9 Å². The number of halogens is 3. The van der Waals surface area contributed by atoms with Crippen LogP contribution in [0, 0.1) is 0 Å². The maximum Gasteiger partial charge on any atom is 0.417 e. The van der Waals surface area contributed by atoms with Crippen molar-refractivity contribution in [1.82, 2.24) is 0 Å². The lowest BCUT2D eigenvalue weighted by molar-refractivity contribution is -0.137. The molecule has 0 unspecified atom stereocenters. The summed E-state index contributed by atoms with van der Waals surface area (Å²) in [5, 5.41) is 19.0. The number of hydrogen-bond acceptors (Lipinski definition) is 4. The van der Waals surface area contributed by atoms with Gasteiger partial charge in [0.15, 0.2) is 0 Å². The van der Waals surface area contributed by atoms with E-state index >= 15 is 0 Å². The van der Waals surface area contributed by atoms with Gasteiger partial charge < -0.3 is 19.7 Å². The Balaban J connectivity index is 2.57. The van der Waals surface area contributed by atoms with Crippen molar-refractivity contribution in [3.05, 3.63) is 83.7 Å². The Morgan fingerprint density at radius 3 is 2.38 bits per heavy atom. The molecule has 2 rings (SSSR count). The van der Waals surface area contributed by atoms with Gasteiger partial charge in [0.2, 0.25) is 0 Å². The fourth-order valence-electron chi connectivity index (χ4n) is 2.92. The van der Waals surface area contributed by atoms with Crippen LogP contribution in [-0.4, -0.2) is 36.5 Å². The Kier molecular flexibility index (Phi) is 8.26. The number of alkyl halides is 3. The molecule has 5 nitrogen and oxygen atoms in total. The number of aliphatic hydroxyl groups excluding tert-OH is 1. The summed E-state index contributed by atoms with van der Waals surface area (Å²) in [7, 11) is 1.49. The Hall–Kier alpha value is -3.52. The average Bonchev–Trinajstić information content (AvgIpc) is 2.76. The number of rotatable bonds is 9. The van der Waals surface area contributed by atoms with Crippen LogP contribution >= 0.6 is 0 Å². The minimum Gasteiger partial charge on any atom is -0.507 e. The molecule has 0 saturated heterocycles. The highest BCUT2D eigenvalue weighted by Gasteiger charge is 2.34. The molecule has 32 heavy (non-hydrogen) atoms. The van der Waals surface area contributed by atoms with Crippen molar-refractivity contribution in [1.29, 1.82) is 0 Å². The van der Waals surface area contributed by atoms with Gasteiger partial charge in [-0.2, -0.15) is 13.2 Å². The maximum atomic E-state index is 13.9. The van der Waals surface area contributed by atoms with Gasteiger partial charge in [-0.05, 0) is 47.9 Å². The van der Waals surface area contributed by atoms with E-state index in [0.29, 0.717) is 0 Å². The van der Waals surface area contributed by atoms with Gasteiger partial charge in [-0.3, -0.25) is 0 Å². The highest BCUT2D eigenvalue weighted by atomic mass is 19.4. The van der Waals surface area contributed by atoms with Crippen LogP contribution in [0.1, 0.15) is 18.1 Å². The average molecular weight is 448 g/mol. The maximum absolute atomic E-state index is 13.9. The number of carboxylic acid groups (broad SMARTS) is 1. The van der Waals surface area contributed by atoms with Crippen molar-refractivity contribution >= 4 is 11.5 Å². The molecule has 0 aliphatic rings. The van der Waals surface area contributed by atoms with Gasteiger partial charge in [-0.15, -0.1) is 0 Å². The molecule has 0 fully saturated rings. The number of allylic oxidation sites excluding steroid dienone is 3. The summed E-state index contributed by atoms with van der Waals surface area (Å²) in [4.78, 5) is 11.4. The summed E-state index contributed by atoms with van der Waals surface area (Å²) in [6.07, 6.45) is -2.51. The summed E-state index contributed by atoms with van der Waals surface area (Å²) in [6, 6.07) is 9.93. The van der Waals surface area contributed by atoms with E-state index in [1.54, 1.807) is 18.2 Å². The van der Waals surface area contributed by atoms with Gasteiger partial charge in [0.1, 0.15) is 23.7 Å². The molecule has 0 aliphatic heterocycles. The summed E-state index contributed by atoms with van der Waals surface area (Å²) in [5.41, 5.74) is -1.20. The second-order valence-electron chi connectivity index (χ2n) is 6.66. The lowest BCUT2D eigenvalue weighted by Gasteiger charge is -2.18. The highest BCUT2D eigenvalue weighted by Crippen LogP contribution is 2.41. The summed E-state index contributed by atoms with van der Waals surface area (Å²) >= 11 is 0. The molecule has 0 saturated carbocycles. The van der Waals surface area contributed by atoms with E-state index in [4.69, 9.17) is 9.47 Å². The van der Waals surface area contributed by atoms with Gasteiger partial charge in [0.05, 0.1) is 12.2 Å². The Morgan fingerprint density at radius 1 is 1.09 bits per heavy atom. The first-order chi connectivity index (χ1) is 15.1. The minimum atomic E-state index is -4.70. The van der Waals surface area contributed by atoms with Gasteiger partial charge in [-0.25, -0.2) is 4.79 Å². The SMILES string of the molecule is C=C(/C=C(C(=O)O)\C(O)=C/C)c1ccc(-c2ccccc2OCCOC)c(C(F)(F)F)c1. The van der Waals surface area contributed by atoms with E-state index in [1.165, 1.54) is 32.2 Å². The van der Waals surface area contributed by atoms with Crippen LogP contribution < -0.4 is 4.74 Å². The Labute approximate surface area is 183 Å². The van der Waals surface area contributed by atoms with E-state index in [0.717, 1.165) is 18.2 Å². The number of carboxylic acids is 1. The first-order valence-electron chi connectivity index (χ1n) is 9.52. The minimum absolute atomic E-state index is 0.00233. The van der Waals surface area contributed by atoms with Crippen LogP contribution in [0.3, 0.4) is 0 Å². The lowest BCUT2D eigenvalue weighted by atomic mass is 9.93. The van der Waals surface area contributed by atoms with Crippen molar-refractivity contribution < 1.29 is 37.7 Å². The van der Waals surface area contributed by atoms with Gasteiger partial charge >= 0.3 is 12.1 Å². The molecule has 170 valence electrons. The smallest absolute Gasteiger partial charge is 0.417 e. The number of hydrogen-bond donors (Lipinski definition) is 2. The van der Waals surface area contributed by atoms with Crippen LogP contribution in [0.2, 0.25) is 0 Å². The van der Waals surface area contributed by atoms with E-state index in [9.17, 15) is 28.2 Å². The second kappa shape index (κ2) is 10.7. The van der Waals surface area contributed by atoms with E-state index in [2.05, 4.69) is 6.58 Å². The van der Waals surface area contributed by atoms with Gasteiger partial charge in [0, 0.05) is 12.7 Å². The molecule has 2 aromatic rings. The van der Waals surface area contributed by atoms with Crippen molar-refractivity contribution in [2.75, 3.05) is 20.3 Å². The summed E-state index contributed by atoms with van der Waals surface area (Å²) in [6.45, 7) is 5.54. The third-order valence-corrected chi connectivity index (χ3v) is 4.52. The number of methoxy groups -OCH3 is 1. The van der Waals surface area contributed by atoms with E-state index < -0.39 is 29.0 Å². The van der Waals surface area contributed by atoms with Crippen LogP contribution in [0.5, 0.6) is 5.75 Å². The zero-order valence-electron chi connectivity index (χ0n) is 17.6. The van der Waals surface area contributed by atoms with E-state index in [-0.39, 0.29) is 41.2 Å². The first-order valence-corrected chi connectivity index (χ1v) is 9.52. The van der Waals surface area contributed by atoms with Crippen LogP contribution in [0.4, 0.5) is 13.2 Å². The predicted octanol–water partition coefficient (Wildman–Crippen LogP) is 5.88. The molecule has 0 radical (unpaired) electrons. The zero-order chi connectivity index (χ0) is 23.9.